The molecule has 0 saturated heterocycles. The average Bonchev–Trinajstić information content (AvgIpc) is 2.45. The van der Waals surface area contributed by atoms with E-state index in [1.807, 2.05) is 14.0 Å². The third-order valence-electron chi connectivity index (χ3n) is 2.68. The summed E-state index contributed by atoms with van der Waals surface area (Å²) < 4.78 is 37.5. The lowest BCUT2D eigenvalue weighted by Crippen LogP contribution is -2.35. The smallest absolute Gasteiger partial charge is 0.240 e. The van der Waals surface area contributed by atoms with Crippen LogP contribution >= 0.6 is 0 Å². The van der Waals surface area contributed by atoms with E-state index in [9.17, 15) is 8.42 Å². The van der Waals surface area contributed by atoms with Gasteiger partial charge in [-0.3, -0.25) is 0 Å². The lowest BCUT2D eigenvalue weighted by atomic mass is 10.3. The number of rotatable bonds is 10. The van der Waals surface area contributed by atoms with Crippen LogP contribution in [0, 0.1) is 0 Å². The van der Waals surface area contributed by atoms with Crippen LogP contribution in [0.25, 0.3) is 0 Å². The van der Waals surface area contributed by atoms with Crippen molar-refractivity contribution in [2.75, 3.05) is 33.4 Å². The van der Waals surface area contributed by atoms with Crippen molar-refractivity contribution >= 4 is 10.0 Å². The molecule has 0 aliphatic carbocycles. The van der Waals surface area contributed by atoms with Crippen LogP contribution in [0.4, 0.5) is 0 Å². The van der Waals surface area contributed by atoms with Crippen molar-refractivity contribution in [2.24, 2.45) is 0 Å². The van der Waals surface area contributed by atoms with Gasteiger partial charge in [-0.25, -0.2) is 13.1 Å². The van der Waals surface area contributed by atoms with Crippen molar-refractivity contribution in [1.29, 1.82) is 0 Å². The van der Waals surface area contributed by atoms with Crippen molar-refractivity contribution in [2.45, 2.75) is 24.8 Å². The van der Waals surface area contributed by atoms with Gasteiger partial charge < -0.3 is 14.8 Å². The summed E-state index contributed by atoms with van der Waals surface area (Å²) in [4.78, 5) is 0.215. The van der Waals surface area contributed by atoms with E-state index >= 15 is 0 Å². The normalized spacial score (nSPS) is 13.1. The summed E-state index contributed by atoms with van der Waals surface area (Å²) in [6.07, 6.45) is 0. The summed E-state index contributed by atoms with van der Waals surface area (Å²) in [6, 6.07) is 6.09. The highest BCUT2D eigenvalue weighted by molar-refractivity contribution is 7.89. The predicted molar refractivity (Wildman–Crippen MR) is 82.1 cm³/mol. The Hall–Kier alpha value is -1.15. The third-order valence-corrected chi connectivity index (χ3v) is 4.29. The molecule has 0 heterocycles. The van der Waals surface area contributed by atoms with Crippen molar-refractivity contribution < 1.29 is 17.9 Å². The lowest BCUT2D eigenvalue weighted by Gasteiger charge is -2.14. The molecule has 0 amide bonds. The monoisotopic (exact) mass is 316 g/mol. The van der Waals surface area contributed by atoms with Crippen molar-refractivity contribution in [3.05, 3.63) is 24.3 Å². The minimum Gasteiger partial charge on any atom is -0.492 e. The van der Waals surface area contributed by atoms with E-state index in [1.54, 1.807) is 19.1 Å². The van der Waals surface area contributed by atoms with Gasteiger partial charge >= 0.3 is 0 Å². The topological polar surface area (TPSA) is 76.7 Å². The number of nitrogens with one attached hydrogen (secondary N) is 2. The number of benzene rings is 1. The Morgan fingerprint density at radius 3 is 2.48 bits per heavy atom. The van der Waals surface area contributed by atoms with Gasteiger partial charge in [0.2, 0.25) is 10.0 Å². The summed E-state index contributed by atoms with van der Waals surface area (Å²) in [5.41, 5.74) is 0. The fraction of sp³-hybridized carbons (Fsp3) is 0.571. The summed E-state index contributed by atoms with van der Waals surface area (Å²) in [6.45, 7) is 5.81. The third kappa shape index (κ3) is 6.43. The second-order valence-electron chi connectivity index (χ2n) is 4.61. The standard InChI is InChI=1S/C14H24N2O4S/c1-4-19-11-12(2)16-21(17,18)14-7-5-13(6-8-14)20-10-9-15-3/h5-8,12,15-16H,4,9-11H2,1-3H3. The molecule has 1 aromatic carbocycles. The van der Waals surface area contributed by atoms with Gasteiger partial charge in [-0.2, -0.15) is 0 Å². The first-order valence-electron chi connectivity index (χ1n) is 6.97. The highest BCUT2D eigenvalue weighted by Gasteiger charge is 2.17. The van der Waals surface area contributed by atoms with Crippen LogP contribution in [-0.4, -0.2) is 47.9 Å². The Morgan fingerprint density at radius 1 is 1.24 bits per heavy atom. The Bertz CT molecular complexity index is 502. The molecular formula is C14H24N2O4S. The Balaban J connectivity index is 2.62. The van der Waals surface area contributed by atoms with Gasteiger partial charge in [0.05, 0.1) is 11.5 Å². The molecule has 2 N–H and O–H groups in total. The van der Waals surface area contributed by atoms with Crippen LogP contribution in [0.15, 0.2) is 29.2 Å². The molecule has 1 aromatic rings. The number of hydrogen-bond donors (Lipinski definition) is 2. The molecule has 1 unspecified atom stereocenters. The Kier molecular flexibility index (Phi) is 7.66. The van der Waals surface area contributed by atoms with Gasteiger partial charge in [-0.15, -0.1) is 0 Å². The zero-order valence-electron chi connectivity index (χ0n) is 12.8. The highest BCUT2D eigenvalue weighted by atomic mass is 32.2. The number of hydrogen-bond acceptors (Lipinski definition) is 5. The van der Waals surface area contributed by atoms with Crippen LogP contribution in [0.5, 0.6) is 5.75 Å². The molecule has 0 bridgehead atoms. The van der Waals surface area contributed by atoms with Crippen LogP contribution in [0.3, 0.4) is 0 Å². The first kappa shape index (κ1) is 17.9. The minimum atomic E-state index is -3.53. The maximum absolute atomic E-state index is 12.2. The van der Waals surface area contributed by atoms with Gasteiger partial charge in [0.25, 0.3) is 0 Å². The van der Waals surface area contributed by atoms with Crippen molar-refractivity contribution in [3.63, 3.8) is 0 Å². The van der Waals surface area contributed by atoms with Crippen molar-refractivity contribution in [3.8, 4) is 5.75 Å². The molecular weight excluding hydrogens is 292 g/mol. The number of likely N-dealkylation sites (N-methyl/N-ethyl adjacent to an activating group) is 1. The van der Waals surface area contributed by atoms with E-state index in [2.05, 4.69) is 10.0 Å². The van der Waals surface area contributed by atoms with Gasteiger partial charge in [0.1, 0.15) is 12.4 Å². The number of ether oxygens (including phenoxy) is 2. The van der Waals surface area contributed by atoms with E-state index in [-0.39, 0.29) is 10.9 Å². The molecule has 6 nitrogen and oxygen atoms in total. The molecule has 0 aromatic heterocycles. The molecule has 0 fully saturated rings. The molecule has 21 heavy (non-hydrogen) atoms. The quantitative estimate of drug-likeness (QED) is 0.630. The predicted octanol–water partition coefficient (Wildman–Crippen LogP) is 0.988. The second kappa shape index (κ2) is 8.99. The Labute approximate surface area is 126 Å². The first-order valence-corrected chi connectivity index (χ1v) is 8.45. The molecule has 1 atom stereocenters. The van der Waals surface area contributed by atoms with E-state index < -0.39 is 10.0 Å². The largest absolute Gasteiger partial charge is 0.492 e. The molecule has 0 spiro atoms. The SMILES string of the molecule is CCOCC(C)NS(=O)(=O)c1ccc(OCCNC)cc1. The second-order valence-corrected chi connectivity index (χ2v) is 6.32. The first-order chi connectivity index (χ1) is 9.99. The maximum Gasteiger partial charge on any atom is 0.240 e. The zero-order valence-corrected chi connectivity index (χ0v) is 13.6. The Morgan fingerprint density at radius 2 is 1.90 bits per heavy atom. The van der Waals surface area contributed by atoms with Gasteiger partial charge in [0.15, 0.2) is 0 Å². The lowest BCUT2D eigenvalue weighted by molar-refractivity contribution is 0.133. The average molecular weight is 316 g/mol. The highest BCUT2D eigenvalue weighted by Crippen LogP contribution is 2.16. The fourth-order valence-electron chi connectivity index (χ4n) is 1.65. The van der Waals surface area contributed by atoms with Crippen LogP contribution in [-0.2, 0) is 14.8 Å². The molecule has 0 aliphatic rings. The maximum atomic E-state index is 12.2. The van der Waals surface area contributed by atoms with E-state index in [0.29, 0.717) is 25.6 Å². The summed E-state index contributed by atoms with van der Waals surface area (Å²) in [7, 11) is -1.69. The fourth-order valence-corrected chi connectivity index (χ4v) is 2.88. The summed E-state index contributed by atoms with van der Waals surface area (Å²) >= 11 is 0. The summed E-state index contributed by atoms with van der Waals surface area (Å²) in [5.74, 6) is 0.645. The van der Waals surface area contributed by atoms with E-state index in [4.69, 9.17) is 9.47 Å². The number of sulfonamides is 1. The van der Waals surface area contributed by atoms with E-state index in [0.717, 1.165) is 6.54 Å². The van der Waals surface area contributed by atoms with Gasteiger partial charge in [-0.05, 0) is 45.2 Å². The summed E-state index contributed by atoms with van der Waals surface area (Å²) in [5, 5.41) is 2.97. The molecule has 0 radical (unpaired) electrons. The molecule has 0 aliphatic heterocycles. The van der Waals surface area contributed by atoms with Crippen LogP contribution in [0.1, 0.15) is 13.8 Å². The molecule has 1 rings (SSSR count). The molecule has 120 valence electrons. The van der Waals surface area contributed by atoms with Gasteiger partial charge in [0, 0.05) is 19.2 Å². The minimum absolute atomic E-state index is 0.215. The van der Waals surface area contributed by atoms with Crippen molar-refractivity contribution in [1.82, 2.24) is 10.0 Å². The van der Waals surface area contributed by atoms with Crippen LogP contribution in [0.2, 0.25) is 0 Å². The van der Waals surface area contributed by atoms with E-state index in [1.165, 1.54) is 12.1 Å². The molecule has 7 heteroatoms. The zero-order chi connectivity index (χ0) is 15.7. The van der Waals surface area contributed by atoms with Crippen LogP contribution < -0.4 is 14.8 Å². The molecule has 0 saturated carbocycles. The van der Waals surface area contributed by atoms with Gasteiger partial charge in [-0.1, -0.05) is 0 Å².